The zero-order chi connectivity index (χ0) is 17.9. The minimum atomic E-state index is 0.148. The third kappa shape index (κ3) is 3.53. The molecule has 2 aromatic rings. The van der Waals surface area contributed by atoms with Gasteiger partial charge in [0.15, 0.2) is 11.5 Å². The molecule has 0 aliphatic carbocycles. The van der Waals surface area contributed by atoms with E-state index in [0.29, 0.717) is 6.79 Å². The maximum Gasteiger partial charge on any atom is 0.254 e. The van der Waals surface area contributed by atoms with Crippen LogP contribution in [-0.2, 0) is 13.0 Å². The lowest BCUT2D eigenvalue weighted by Gasteiger charge is -2.32. The molecule has 136 valence electrons. The summed E-state index contributed by atoms with van der Waals surface area (Å²) in [7, 11) is 0. The summed E-state index contributed by atoms with van der Waals surface area (Å²) in [5.74, 6) is 1.81. The van der Waals surface area contributed by atoms with Gasteiger partial charge in [0.1, 0.15) is 6.54 Å². The maximum absolute atomic E-state index is 12.7. The molecular formula is C21H25N2O3+. The molecule has 0 atom stereocenters. The van der Waals surface area contributed by atoms with Crippen molar-refractivity contribution in [2.24, 2.45) is 0 Å². The summed E-state index contributed by atoms with van der Waals surface area (Å²) in [5.41, 5.74) is 3.31. The fourth-order valence-electron chi connectivity index (χ4n) is 3.61. The number of nitrogens with zero attached hydrogens (tertiary/aromatic N) is 1. The van der Waals surface area contributed by atoms with Crippen LogP contribution in [0.5, 0.6) is 11.5 Å². The Morgan fingerprint density at radius 2 is 1.69 bits per heavy atom. The average molecular weight is 353 g/mol. The van der Waals surface area contributed by atoms with Crippen molar-refractivity contribution in [1.29, 1.82) is 0 Å². The fourth-order valence-corrected chi connectivity index (χ4v) is 3.61. The van der Waals surface area contributed by atoms with Gasteiger partial charge in [-0.15, -0.1) is 0 Å². The second-order valence-electron chi connectivity index (χ2n) is 6.96. The van der Waals surface area contributed by atoms with Gasteiger partial charge in [-0.05, 0) is 42.3 Å². The van der Waals surface area contributed by atoms with Crippen molar-refractivity contribution >= 4 is 5.91 Å². The lowest BCUT2D eigenvalue weighted by molar-refractivity contribution is -0.917. The highest BCUT2D eigenvalue weighted by Crippen LogP contribution is 2.32. The van der Waals surface area contributed by atoms with Crippen molar-refractivity contribution in [2.45, 2.75) is 19.9 Å². The van der Waals surface area contributed by atoms with E-state index in [9.17, 15) is 4.79 Å². The Balaban J connectivity index is 1.32. The number of fused-ring (bicyclic) bond motifs is 1. The van der Waals surface area contributed by atoms with Crippen LogP contribution in [-0.4, -0.2) is 43.8 Å². The molecule has 0 aromatic heterocycles. The molecule has 5 nitrogen and oxygen atoms in total. The van der Waals surface area contributed by atoms with Gasteiger partial charge in [0, 0.05) is 11.1 Å². The zero-order valence-corrected chi connectivity index (χ0v) is 15.2. The number of carbonyl (C=O) groups is 1. The highest BCUT2D eigenvalue weighted by molar-refractivity contribution is 5.94. The number of nitrogens with one attached hydrogen (secondary N) is 1. The summed E-state index contributed by atoms with van der Waals surface area (Å²) in [6.45, 7) is 6.91. The van der Waals surface area contributed by atoms with Crippen molar-refractivity contribution in [3.63, 3.8) is 0 Å². The van der Waals surface area contributed by atoms with E-state index in [1.165, 1.54) is 16.0 Å². The molecule has 0 saturated carbocycles. The molecule has 2 heterocycles. The predicted octanol–water partition coefficient (Wildman–Crippen LogP) is 1.52. The quantitative estimate of drug-likeness (QED) is 0.906. The molecule has 2 aliphatic rings. The Morgan fingerprint density at radius 1 is 1.00 bits per heavy atom. The van der Waals surface area contributed by atoms with Crippen LogP contribution in [0, 0.1) is 0 Å². The van der Waals surface area contributed by atoms with E-state index in [4.69, 9.17) is 9.47 Å². The summed E-state index contributed by atoms with van der Waals surface area (Å²) < 4.78 is 10.8. The Labute approximate surface area is 154 Å². The Morgan fingerprint density at radius 3 is 2.42 bits per heavy atom. The Kier molecular flexibility index (Phi) is 4.80. The number of hydrogen-bond acceptors (Lipinski definition) is 3. The van der Waals surface area contributed by atoms with Gasteiger partial charge in [0.05, 0.1) is 26.2 Å². The van der Waals surface area contributed by atoms with Gasteiger partial charge in [-0.1, -0.05) is 19.1 Å². The van der Waals surface area contributed by atoms with Crippen molar-refractivity contribution in [3.8, 4) is 11.5 Å². The van der Waals surface area contributed by atoms with Crippen molar-refractivity contribution < 1.29 is 19.2 Å². The molecule has 0 bridgehead atoms. The minimum absolute atomic E-state index is 0.148. The third-order valence-corrected chi connectivity index (χ3v) is 5.26. The lowest BCUT2D eigenvalue weighted by atomic mass is 10.1. The summed E-state index contributed by atoms with van der Waals surface area (Å²) in [5, 5.41) is 0. The number of quaternary nitrogens is 1. The molecule has 4 rings (SSSR count). The maximum atomic E-state index is 12.7. The van der Waals surface area contributed by atoms with Crippen molar-refractivity contribution in [2.75, 3.05) is 33.0 Å². The number of rotatable bonds is 4. The number of carbonyl (C=O) groups excluding carboxylic acids is 1. The number of hydrogen-bond donors (Lipinski definition) is 1. The second-order valence-corrected chi connectivity index (χ2v) is 6.96. The van der Waals surface area contributed by atoms with E-state index in [0.717, 1.165) is 56.2 Å². The fraction of sp³-hybridized carbons (Fsp3) is 0.381. The first-order valence-corrected chi connectivity index (χ1v) is 9.33. The molecule has 0 spiro atoms. The number of amides is 1. The molecule has 1 N–H and O–H groups in total. The van der Waals surface area contributed by atoms with Gasteiger partial charge < -0.3 is 19.3 Å². The Bertz CT molecular complexity index is 780. The molecule has 26 heavy (non-hydrogen) atoms. The molecule has 0 radical (unpaired) electrons. The molecule has 0 unspecified atom stereocenters. The highest BCUT2D eigenvalue weighted by atomic mass is 16.7. The van der Waals surface area contributed by atoms with Crippen molar-refractivity contribution in [1.82, 2.24) is 4.90 Å². The topological polar surface area (TPSA) is 43.2 Å². The number of ether oxygens (including phenoxy) is 2. The summed E-state index contributed by atoms with van der Waals surface area (Å²) in [6, 6.07) is 14.2. The van der Waals surface area contributed by atoms with Crippen LogP contribution in [0.3, 0.4) is 0 Å². The van der Waals surface area contributed by atoms with Gasteiger partial charge >= 0.3 is 0 Å². The number of aryl methyl sites for hydroxylation is 1. The van der Waals surface area contributed by atoms with E-state index < -0.39 is 0 Å². The molecule has 2 aromatic carbocycles. The number of benzene rings is 2. The smallest absolute Gasteiger partial charge is 0.254 e. The zero-order valence-electron chi connectivity index (χ0n) is 15.2. The van der Waals surface area contributed by atoms with E-state index in [2.05, 4.69) is 19.1 Å². The van der Waals surface area contributed by atoms with Gasteiger partial charge in [-0.25, -0.2) is 0 Å². The summed E-state index contributed by atoms with van der Waals surface area (Å²) in [4.78, 5) is 16.1. The second kappa shape index (κ2) is 7.38. The first-order chi connectivity index (χ1) is 12.7. The Hall–Kier alpha value is -2.53. The molecule has 1 amide bonds. The predicted molar refractivity (Wildman–Crippen MR) is 98.7 cm³/mol. The van der Waals surface area contributed by atoms with Crippen molar-refractivity contribution in [3.05, 3.63) is 59.2 Å². The van der Waals surface area contributed by atoms with E-state index in [-0.39, 0.29) is 5.91 Å². The molecule has 1 fully saturated rings. The van der Waals surface area contributed by atoms with Crippen LogP contribution in [0.15, 0.2) is 42.5 Å². The minimum Gasteiger partial charge on any atom is -0.454 e. The van der Waals surface area contributed by atoms with E-state index in [1.54, 1.807) is 0 Å². The van der Waals surface area contributed by atoms with Gasteiger partial charge in [-0.2, -0.15) is 0 Å². The monoisotopic (exact) mass is 353 g/mol. The third-order valence-electron chi connectivity index (χ3n) is 5.26. The summed E-state index contributed by atoms with van der Waals surface area (Å²) in [6.07, 6.45) is 0.996. The molecule has 2 aliphatic heterocycles. The summed E-state index contributed by atoms with van der Waals surface area (Å²) >= 11 is 0. The normalized spacial score (nSPS) is 16.7. The highest BCUT2D eigenvalue weighted by Gasteiger charge is 2.25. The standard InChI is InChI=1S/C21H24N2O3/c1-2-16-3-6-18(7-4-16)21(24)23-11-9-22(10-12-23)14-17-5-8-19-20(13-17)26-15-25-19/h3-8,13H,2,9-12,14-15H2,1H3/p+1. The van der Waals surface area contributed by atoms with Crippen LogP contribution < -0.4 is 14.4 Å². The van der Waals surface area contributed by atoms with E-state index in [1.807, 2.05) is 35.2 Å². The molecule has 5 heteroatoms. The van der Waals surface area contributed by atoms with Gasteiger partial charge in [-0.3, -0.25) is 4.79 Å². The number of piperazine rings is 1. The first-order valence-electron chi connectivity index (χ1n) is 9.33. The average Bonchev–Trinajstić information content (AvgIpc) is 3.16. The van der Waals surface area contributed by atoms with Crippen LogP contribution in [0.4, 0.5) is 0 Å². The molecule has 1 saturated heterocycles. The van der Waals surface area contributed by atoms with Crippen LogP contribution in [0.1, 0.15) is 28.4 Å². The lowest BCUT2D eigenvalue weighted by Crippen LogP contribution is -3.13. The van der Waals surface area contributed by atoms with E-state index >= 15 is 0 Å². The van der Waals surface area contributed by atoms with Gasteiger partial charge in [0.2, 0.25) is 6.79 Å². The SMILES string of the molecule is CCc1ccc(C(=O)N2CC[NH+](Cc3ccc4c(c3)OCO4)CC2)cc1. The van der Waals surface area contributed by atoms with Crippen LogP contribution in [0.2, 0.25) is 0 Å². The first kappa shape index (κ1) is 16.9. The van der Waals surface area contributed by atoms with Crippen LogP contribution >= 0.6 is 0 Å². The largest absolute Gasteiger partial charge is 0.454 e. The molecular weight excluding hydrogens is 328 g/mol. The van der Waals surface area contributed by atoms with Crippen LogP contribution in [0.25, 0.3) is 0 Å². The van der Waals surface area contributed by atoms with Gasteiger partial charge in [0.25, 0.3) is 5.91 Å².